The van der Waals surface area contributed by atoms with Crippen LogP contribution in [0.3, 0.4) is 0 Å². The zero-order chi connectivity index (χ0) is 11.5. The fraction of sp³-hybridized carbons (Fsp3) is 0.250. The maximum atomic E-state index is 5.53. The maximum absolute atomic E-state index is 5.53. The van der Waals surface area contributed by atoms with Crippen LogP contribution in [0.15, 0.2) is 34.9 Å². The third kappa shape index (κ3) is 2.33. The van der Waals surface area contributed by atoms with Gasteiger partial charge in [-0.3, -0.25) is 0 Å². The van der Waals surface area contributed by atoms with Crippen LogP contribution in [0.5, 0.6) is 0 Å². The van der Waals surface area contributed by atoms with Gasteiger partial charge in [0, 0.05) is 22.8 Å². The summed E-state index contributed by atoms with van der Waals surface area (Å²) in [6.45, 7) is 2.63. The lowest BCUT2D eigenvalue weighted by molar-refractivity contribution is 0.928. The molecule has 0 unspecified atom stereocenters. The van der Waals surface area contributed by atoms with E-state index in [0.717, 1.165) is 28.1 Å². The molecule has 0 aliphatic rings. The predicted octanol–water partition coefficient (Wildman–Crippen LogP) is 2.44. The van der Waals surface area contributed by atoms with Crippen molar-refractivity contribution < 1.29 is 0 Å². The van der Waals surface area contributed by atoms with Gasteiger partial charge in [0.1, 0.15) is 5.82 Å². The summed E-state index contributed by atoms with van der Waals surface area (Å²) in [5, 5.41) is 0. The molecule has 4 heteroatoms. The normalized spacial score (nSPS) is 10.7. The number of rotatable bonds is 3. The van der Waals surface area contributed by atoms with Crippen molar-refractivity contribution >= 4 is 15.9 Å². The Balaban J connectivity index is 2.40. The van der Waals surface area contributed by atoms with Gasteiger partial charge >= 0.3 is 0 Å². The van der Waals surface area contributed by atoms with Gasteiger partial charge in [-0.2, -0.15) is 0 Å². The van der Waals surface area contributed by atoms with Crippen LogP contribution >= 0.6 is 15.9 Å². The maximum Gasteiger partial charge on any atom is 0.110 e. The van der Waals surface area contributed by atoms with Crippen LogP contribution < -0.4 is 5.73 Å². The Bertz CT molecular complexity index is 491. The van der Waals surface area contributed by atoms with Crippen molar-refractivity contribution in [3.05, 3.63) is 46.5 Å². The summed E-state index contributed by atoms with van der Waals surface area (Å²) in [6.07, 6.45) is 2.87. The molecule has 0 aliphatic carbocycles. The molecule has 2 rings (SSSR count). The zero-order valence-corrected chi connectivity index (χ0v) is 10.7. The number of halogens is 1. The first-order chi connectivity index (χ1) is 7.70. The minimum atomic E-state index is 0.634. The van der Waals surface area contributed by atoms with E-state index < -0.39 is 0 Å². The summed E-state index contributed by atoms with van der Waals surface area (Å²) in [5.74, 6) is 0.988. The summed E-state index contributed by atoms with van der Waals surface area (Å²) in [5.41, 5.74) is 7.68. The van der Waals surface area contributed by atoms with Crippen LogP contribution in [0, 0.1) is 6.92 Å². The molecule has 1 aromatic carbocycles. The molecule has 84 valence electrons. The Hall–Kier alpha value is -1.13. The molecule has 0 aliphatic heterocycles. The Labute approximate surface area is 103 Å². The first-order valence-corrected chi connectivity index (χ1v) is 6.01. The summed E-state index contributed by atoms with van der Waals surface area (Å²) < 4.78 is 3.15. The van der Waals surface area contributed by atoms with Crippen LogP contribution in [0.2, 0.25) is 0 Å². The van der Waals surface area contributed by atoms with Gasteiger partial charge in [0.15, 0.2) is 0 Å². The smallest absolute Gasteiger partial charge is 0.110 e. The SMILES string of the molecule is Cc1nc(CCN)cn1-c1cccc(Br)c1. The van der Waals surface area contributed by atoms with E-state index in [1.807, 2.05) is 25.3 Å². The number of nitrogens with zero attached hydrogens (tertiary/aromatic N) is 2. The van der Waals surface area contributed by atoms with Crippen molar-refractivity contribution in [1.29, 1.82) is 0 Å². The molecule has 0 fully saturated rings. The molecule has 0 bridgehead atoms. The molecule has 0 radical (unpaired) electrons. The van der Waals surface area contributed by atoms with Gasteiger partial charge in [0.05, 0.1) is 5.69 Å². The average Bonchev–Trinajstić information content (AvgIpc) is 2.60. The fourth-order valence-corrected chi connectivity index (χ4v) is 2.08. The van der Waals surface area contributed by atoms with E-state index in [-0.39, 0.29) is 0 Å². The lowest BCUT2D eigenvalue weighted by Crippen LogP contribution is -2.02. The van der Waals surface area contributed by atoms with Gasteiger partial charge in [-0.05, 0) is 31.7 Å². The molecule has 1 heterocycles. The minimum Gasteiger partial charge on any atom is -0.330 e. The highest BCUT2D eigenvalue weighted by Crippen LogP contribution is 2.17. The third-order valence-electron chi connectivity index (χ3n) is 2.42. The number of imidazole rings is 1. The molecule has 3 nitrogen and oxygen atoms in total. The Kier molecular flexibility index (Phi) is 3.41. The van der Waals surface area contributed by atoms with Crippen molar-refractivity contribution in [3.8, 4) is 5.69 Å². The quantitative estimate of drug-likeness (QED) is 0.938. The van der Waals surface area contributed by atoms with E-state index in [1.165, 1.54) is 0 Å². The van der Waals surface area contributed by atoms with Gasteiger partial charge in [0.2, 0.25) is 0 Å². The molecule has 0 saturated heterocycles. The number of benzene rings is 1. The molecule has 0 spiro atoms. The number of nitrogens with two attached hydrogens (primary N) is 1. The highest BCUT2D eigenvalue weighted by molar-refractivity contribution is 9.10. The molecule has 0 saturated carbocycles. The largest absolute Gasteiger partial charge is 0.330 e. The van der Waals surface area contributed by atoms with Gasteiger partial charge in [-0.25, -0.2) is 4.98 Å². The standard InChI is InChI=1S/C12H14BrN3/c1-9-15-11(5-6-14)8-16(9)12-4-2-3-10(13)7-12/h2-4,7-8H,5-6,14H2,1H3. The zero-order valence-electron chi connectivity index (χ0n) is 9.15. The van der Waals surface area contributed by atoms with Gasteiger partial charge < -0.3 is 10.3 Å². The van der Waals surface area contributed by atoms with Gasteiger partial charge in [-0.1, -0.05) is 22.0 Å². The second kappa shape index (κ2) is 4.80. The number of aromatic nitrogens is 2. The lowest BCUT2D eigenvalue weighted by Gasteiger charge is -2.04. The number of hydrogen-bond donors (Lipinski definition) is 1. The number of hydrogen-bond acceptors (Lipinski definition) is 2. The van der Waals surface area contributed by atoms with Crippen molar-refractivity contribution in [1.82, 2.24) is 9.55 Å². The van der Waals surface area contributed by atoms with Crippen LogP contribution in [0.25, 0.3) is 5.69 Å². The predicted molar refractivity (Wildman–Crippen MR) is 68.8 cm³/mol. The first kappa shape index (κ1) is 11.4. The second-order valence-electron chi connectivity index (χ2n) is 3.67. The van der Waals surface area contributed by atoms with Crippen molar-refractivity contribution in [2.45, 2.75) is 13.3 Å². The van der Waals surface area contributed by atoms with E-state index in [0.29, 0.717) is 6.54 Å². The van der Waals surface area contributed by atoms with E-state index in [1.54, 1.807) is 0 Å². The highest BCUT2D eigenvalue weighted by Gasteiger charge is 2.05. The van der Waals surface area contributed by atoms with E-state index in [4.69, 9.17) is 5.73 Å². The lowest BCUT2D eigenvalue weighted by atomic mass is 10.3. The van der Waals surface area contributed by atoms with Crippen LogP contribution in [0.1, 0.15) is 11.5 Å². The van der Waals surface area contributed by atoms with Crippen molar-refractivity contribution in [2.75, 3.05) is 6.54 Å². The second-order valence-corrected chi connectivity index (χ2v) is 4.58. The van der Waals surface area contributed by atoms with Crippen LogP contribution in [-0.2, 0) is 6.42 Å². The Morgan fingerprint density at radius 1 is 1.44 bits per heavy atom. The summed E-state index contributed by atoms with van der Waals surface area (Å²) in [7, 11) is 0. The van der Waals surface area contributed by atoms with Gasteiger partial charge in [-0.15, -0.1) is 0 Å². The molecule has 2 N–H and O–H groups in total. The van der Waals surface area contributed by atoms with E-state index in [2.05, 4.69) is 37.6 Å². The first-order valence-electron chi connectivity index (χ1n) is 5.21. The van der Waals surface area contributed by atoms with E-state index in [9.17, 15) is 0 Å². The molecule has 1 aromatic heterocycles. The van der Waals surface area contributed by atoms with Crippen molar-refractivity contribution in [3.63, 3.8) is 0 Å². The topological polar surface area (TPSA) is 43.8 Å². The fourth-order valence-electron chi connectivity index (χ4n) is 1.69. The summed E-state index contributed by atoms with van der Waals surface area (Å²) in [4.78, 5) is 4.47. The van der Waals surface area contributed by atoms with Crippen LogP contribution in [0.4, 0.5) is 0 Å². The average molecular weight is 280 g/mol. The molecule has 0 amide bonds. The Morgan fingerprint density at radius 2 is 2.25 bits per heavy atom. The third-order valence-corrected chi connectivity index (χ3v) is 2.91. The molecular weight excluding hydrogens is 266 g/mol. The summed E-state index contributed by atoms with van der Waals surface area (Å²) in [6, 6.07) is 8.16. The molecule has 16 heavy (non-hydrogen) atoms. The molecule has 0 atom stereocenters. The monoisotopic (exact) mass is 279 g/mol. The molecule has 2 aromatic rings. The number of aryl methyl sites for hydroxylation is 1. The van der Waals surface area contributed by atoms with Gasteiger partial charge in [0.25, 0.3) is 0 Å². The van der Waals surface area contributed by atoms with E-state index >= 15 is 0 Å². The summed E-state index contributed by atoms with van der Waals surface area (Å²) >= 11 is 3.47. The Morgan fingerprint density at radius 3 is 2.94 bits per heavy atom. The minimum absolute atomic E-state index is 0.634. The van der Waals surface area contributed by atoms with Crippen molar-refractivity contribution in [2.24, 2.45) is 5.73 Å². The van der Waals surface area contributed by atoms with Crippen LogP contribution in [-0.4, -0.2) is 16.1 Å². The molecular formula is C12H14BrN3. The highest BCUT2D eigenvalue weighted by atomic mass is 79.9.